The van der Waals surface area contributed by atoms with Crippen molar-refractivity contribution in [2.75, 3.05) is 20.3 Å². The maximum atomic E-state index is 6.20. The van der Waals surface area contributed by atoms with Crippen LogP contribution in [0.25, 0.3) is 0 Å². The first-order valence-electron chi connectivity index (χ1n) is 8.35. The summed E-state index contributed by atoms with van der Waals surface area (Å²) in [7, 11) is 1.77. The van der Waals surface area contributed by atoms with E-state index in [0.717, 1.165) is 26.0 Å². The lowest BCUT2D eigenvalue weighted by molar-refractivity contribution is -0.148. The zero-order chi connectivity index (χ0) is 15.2. The molecule has 0 heterocycles. The van der Waals surface area contributed by atoms with E-state index in [2.05, 4.69) is 39.9 Å². The summed E-state index contributed by atoms with van der Waals surface area (Å²) in [5.41, 5.74) is 0.261. The van der Waals surface area contributed by atoms with Gasteiger partial charge < -0.3 is 14.8 Å². The molecule has 1 aliphatic carbocycles. The molecule has 0 aliphatic heterocycles. The Balaban J connectivity index is 2.46. The van der Waals surface area contributed by atoms with Crippen molar-refractivity contribution in [1.29, 1.82) is 0 Å². The van der Waals surface area contributed by atoms with Gasteiger partial charge in [0.05, 0.1) is 11.7 Å². The van der Waals surface area contributed by atoms with E-state index in [1.807, 2.05) is 0 Å². The Morgan fingerprint density at radius 1 is 1.20 bits per heavy atom. The molecule has 3 heteroatoms. The van der Waals surface area contributed by atoms with Gasteiger partial charge >= 0.3 is 0 Å². The van der Waals surface area contributed by atoms with Gasteiger partial charge in [-0.15, -0.1) is 0 Å². The molecule has 1 aliphatic rings. The van der Waals surface area contributed by atoms with Crippen LogP contribution in [0.5, 0.6) is 0 Å². The zero-order valence-electron chi connectivity index (χ0n) is 14.4. The van der Waals surface area contributed by atoms with E-state index in [1.54, 1.807) is 7.11 Å². The summed E-state index contributed by atoms with van der Waals surface area (Å²) >= 11 is 0. The normalized spacial score (nSPS) is 25.5. The first-order chi connectivity index (χ1) is 9.45. The molecule has 0 aromatic carbocycles. The minimum Gasteiger partial charge on any atom is -0.379 e. The quantitative estimate of drug-likeness (QED) is 0.663. The van der Waals surface area contributed by atoms with Crippen LogP contribution in [0.3, 0.4) is 0 Å². The molecule has 2 atom stereocenters. The van der Waals surface area contributed by atoms with Gasteiger partial charge in [-0.3, -0.25) is 0 Å². The molecule has 1 N–H and O–H groups in total. The average molecular weight is 285 g/mol. The molecule has 3 nitrogen and oxygen atoms in total. The van der Waals surface area contributed by atoms with Crippen LogP contribution in [0.2, 0.25) is 0 Å². The molecule has 1 fully saturated rings. The van der Waals surface area contributed by atoms with Gasteiger partial charge in [0.15, 0.2) is 0 Å². The van der Waals surface area contributed by atoms with Gasteiger partial charge in [0.1, 0.15) is 0 Å². The minimum atomic E-state index is -0.0787. The van der Waals surface area contributed by atoms with E-state index >= 15 is 0 Å². The largest absolute Gasteiger partial charge is 0.379 e. The number of rotatable bonds is 10. The Hall–Kier alpha value is -0.120. The van der Waals surface area contributed by atoms with Crippen LogP contribution in [0.15, 0.2) is 0 Å². The average Bonchev–Trinajstić information content (AvgIpc) is 2.42. The van der Waals surface area contributed by atoms with Crippen molar-refractivity contribution in [1.82, 2.24) is 5.32 Å². The van der Waals surface area contributed by atoms with Crippen molar-refractivity contribution in [3.63, 3.8) is 0 Å². The molecule has 2 unspecified atom stereocenters. The molecule has 120 valence electrons. The van der Waals surface area contributed by atoms with Gasteiger partial charge in [-0.05, 0) is 52.5 Å². The number of nitrogens with one attached hydrogen (secondary N) is 1. The van der Waals surface area contributed by atoms with E-state index < -0.39 is 0 Å². The highest BCUT2D eigenvalue weighted by Gasteiger charge is 2.52. The molecule has 0 spiro atoms. The second-order valence-corrected chi connectivity index (χ2v) is 6.76. The predicted molar refractivity (Wildman–Crippen MR) is 85.2 cm³/mol. The molecule has 0 saturated heterocycles. The second-order valence-electron chi connectivity index (χ2n) is 6.76. The Morgan fingerprint density at radius 2 is 1.85 bits per heavy atom. The van der Waals surface area contributed by atoms with Gasteiger partial charge in [-0.1, -0.05) is 20.8 Å². The van der Waals surface area contributed by atoms with Crippen molar-refractivity contribution in [3.05, 3.63) is 0 Å². The summed E-state index contributed by atoms with van der Waals surface area (Å²) in [6, 6.07) is 0.637. The van der Waals surface area contributed by atoms with Crippen LogP contribution in [0.1, 0.15) is 66.7 Å². The van der Waals surface area contributed by atoms with Crippen LogP contribution >= 0.6 is 0 Å². The molecule has 0 radical (unpaired) electrons. The SMILES string of the molecule is CCCNC1CC(OCCC(C)(C)OC)C1(CC)CC. The third-order valence-corrected chi connectivity index (χ3v) is 5.32. The summed E-state index contributed by atoms with van der Waals surface area (Å²) in [4.78, 5) is 0. The molecule has 0 aromatic heterocycles. The number of methoxy groups -OCH3 is 1. The smallest absolute Gasteiger partial charge is 0.0661 e. The molecule has 1 saturated carbocycles. The highest BCUT2D eigenvalue weighted by Crippen LogP contribution is 2.49. The summed E-state index contributed by atoms with van der Waals surface area (Å²) in [6.07, 6.45) is 6.13. The maximum Gasteiger partial charge on any atom is 0.0661 e. The molecular weight excluding hydrogens is 250 g/mol. The van der Waals surface area contributed by atoms with E-state index in [0.29, 0.717) is 17.6 Å². The fourth-order valence-corrected chi connectivity index (χ4v) is 3.33. The standard InChI is InChI=1S/C17H35NO2/c1-7-11-18-14-13-15(17(14,8-2)9-3)20-12-10-16(4,5)19-6/h14-15,18H,7-13H2,1-6H3. The Labute approximate surface area is 125 Å². The lowest BCUT2D eigenvalue weighted by Gasteiger charge is -2.56. The van der Waals surface area contributed by atoms with Crippen molar-refractivity contribution in [3.8, 4) is 0 Å². The van der Waals surface area contributed by atoms with Gasteiger partial charge in [-0.25, -0.2) is 0 Å². The van der Waals surface area contributed by atoms with E-state index in [9.17, 15) is 0 Å². The third kappa shape index (κ3) is 3.96. The Kier molecular flexibility index (Phi) is 6.96. The van der Waals surface area contributed by atoms with E-state index in [-0.39, 0.29) is 5.60 Å². The number of hydrogen-bond donors (Lipinski definition) is 1. The second kappa shape index (κ2) is 7.77. The molecule has 0 aromatic rings. The zero-order valence-corrected chi connectivity index (χ0v) is 14.4. The molecule has 1 rings (SSSR count). The van der Waals surface area contributed by atoms with E-state index in [4.69, 9.17) is 9.47 Å². The van der Waals surface area contributed by atoms with E-state index in [1.165, 1.54) is 19.3 Å². The van der Waals surface area contributed by atoms with Gasteiger partial charge in [0, 0.05) is 25.2 Å². The Bertz CT molecular complexity index is 274. The highest BCUT2D eigenvalue weighted by molar-refractivity contribution is 5.06. The molecule has 0 amide bonds. The first-order valence-corrected chi connectivity index (χ1v) is 8.35. The van der Waals surface area contributed by atoms with Crippen LogP contribution in [0.4, 0.5) is 0 Å². The van der Waals surface area contributed by atoms with Crippen molar-refractivity contribution in [2.45, 2.75) is 84.5 Å². The summed E-state index contributed by atoms with van der Waals surface area (Å²) in [6.45, 7) is 13.0. The third-order valence-electron chi connectivity index (χ3n) is 5.32. The minimum absolute atomic E-state index is 0.0787. The highest BCUT2D eigenvalue weighted by atomic mass is 16.5. The van der Waals surface area contributed by atoms with Crippen LogP contribution < -0.4 is 5.32 Å². The van der Waals surface area contributed by atoms with Crippen LogP contribution in [-0.2, 0) is 9.47 Å². The van der Waals surface area contributed by atoms with Gasteiger partial charge in [-0.2, -0.15) is 0 Å². The maximum absolute atomic E-state index is 6.20. The fraction of sp³-hybridized carbons (Fsp3) is 1.00. The number of ether oxygens (including phenoxy) is 2. The predicted octanol–water partition coefficient (Wildman–Crippen LogP) is 3.77. The molecule has 20 heavy (non-hydrogen) atoms. The molecular formula is C17H35NO2. The monoisotopic (exact) mass is 285 g/mol. The molecule has 0 bridgehead atoms. The Morgan fingerprint density at radius 3 is 2.35 bits per heavy atom. The summed E-state index contributed by atoms with van der Waals surface area (Å²) in [5, 5.41) is 3.70. The summed E-state index contributed by atoms with van der Waals surface area (Å²) < 4.78 is 11.7. The lowest BCUT2D eigenvalue weighted by atomic mass is 9.58. The van der Waals surface area contributed by atoms with Gasteiger partial charge in [0.25, 0.3) is 0 Å². The summed E-state index contributed by atoms with van der Waals surface area (Å²) in [5.74, 6) is 0. The fourth-order valence-electron chi connectivity index (χ4n) is 3.33. The van der Waals surface area contributed by atoms with Crippen LogP contribution in [-0.4, -0.2) is 38.0 Å². The van der Waals surface area contributed by atoms with Crippen molar-refractivity contribution in [2.24, 2.45) is 5.41 Å². The van der Waals surface area contributed by atoms with Crippen LogP contribution in [0, 0.1) is 5.41 Å². The first kappa shape index (κ1) is 17.9. The number of hydrogen-bond acceptors (Lipinski definition) is 3. The van der Waals surface area contributed by atoms with Crippen molar-refractivity contribution >= 4 is 0 Å². The van der Waals surface area contributed by atoms with Gasteiger partial charge in [0.2, 0.25) is 0 Å². The lowest BCUT2D eigenvalue weighted by Crippen LogP contribution is -2.63. The topological polar surface area (TPSA) is 30.5 Å². The van der Waals surface area contributed by atoms with Crippen molar-refractivity contribution < 1.29 is 9.47 Å².